The average molecular weight is 1050 g/mol. The SMILES string of the molecule is CC/C=C\C/C=C\C/C=C\C/C=C\C/C=C\C/C=C\CCCCC(=O)NC(COP(=O)(O)OCC[N+](C)(C)C)C(/C=C\CCCCCCCCCCCCC)OC(=O)CCCCCCCCC/C=C/C/C=C/CC. The summed E-state index contributed by atoms with van der Waals surface area (Å²) >= 11 is 0. The molecule has 0 aromatic heterocycles. The fraction of sp³-hybridized carbons (Fsp3) is 0.688. The van der Waals surface area contributed by atoms with E-state index in [1.807, 2.05) is 33.3 Å². The lowest BCUT2D eigenvalue weighted by Gasteiger charge is -2.27. The maximum absolute atomic E-state index is 13.5. The number of phosphoric acid groups is 1. The van der Waals surface area contributed by atoms with Crippen LogP contribution in [0.3, 0.4) is 0 Å². The smallest absolute Gasteiger partial charge is 0.456 e. The number of nitrogens with one attached hydrogen (secondary N) is 1. The second-order valence-corrected chi connectivity index (χ2v) is 22.2. The highest BCUT2D eigenvalue weighted by Gasteiger charge is 2.30. The van der Waals surface area contributed by atoms with Crippen LogP contribution in [-0.2, 0) is 27.9 Å². The van der Waals surface area contributed by atoms with E-state index in [0.29, 0.717) is 17.4 Å². The molecule has 0 aromatic carbocycles. The number of hydrogen-bond donors (Lipinski definition) is 2. The van der Waals surface area contributed by atoms with Gasteiger partial charge in [-0.1, -0.05) is 220 Å². The molecular formula is C64H112N2O7P+. The van der Waals surface area contributed by atoms with Crippen molar-refractivity contribution >= 4 is 19.7 Å². The Labute approximate surface area is 455 Å². The number of unbranched alkanes of at least 4 members (excludes halogenated alkanes) is 20. The molecule has 2 N–H and O–H groups in total. The fourth-order valence-corrected chi connectivity index (χ4v) is 8.66. The largest absolute Gasteiger partial charge is 0.472 e. The summed E-state index contributed by atoms with van der Waals surface area (Å²) in [5, 5.41) is 3.02. The minimum atomic E-state index is -4.47. The lowest BCUT2D eigenvalue weighted by Crippen LogP contribution is -2.47. The molecule has 0 saturated heterocycles. The molecule has 0 bridgehead atoms. The van der Waals surface area contributed by atoms with Gasteiger partial charge in [-0.2, -0.15) is 0 Å². The summed E-state index contributed by atoms with van der Waals surface area (Å²) < 4.78 is 30.6. The van der Waals surface area contributed by atoms with Gasteiger partial charge in [0.15, 0.2) is 0 Å². The van der Waals surface area contributed by atoms with E-state index >= 15 is 0 Å². The van der Waals surface area contributed by atoms with Crippen molar-refractivity contribution in [2.45, 2.75) is 245 Å². The Bertz CT molecular complexity index is 1640. The van der Waals surface area contributed by atoms with Crippen LogP contribution < -0.4 is 5.32 Å². The topological polar surface area (TPSA) is 111 Å². The number of likely N-dealkylation sites (N-methyl/N-ethyl adjacent to an activating group) is 1. The minimum Gasteiger partial charge on any atom is -0.456 e. The van der Waals surface area contributed by atoms with Crippen LogP contribution in [0.5, 0.6) is 0 Å². The Balaban J connectivity index is 5.41. The van der Waals surface area contributed by atoms with Crippen LogP contribution >= 0.6 is 7.82 Å². The fourth-order valence-electron chi connectivity index (χ4n) is 7.92. The third-order valence-corrected chi connectivity index (χ3v) is 13.4. The first-order valence-corrected chi connectivity index (χ1v) is 31.2. The standard InChI is InChI=1S/C64H111N2O7P/c1-7-10-13-16-19-22-25-28-30-31-32-33-34-35-36-38-41-44-47-50-53-56-63(67)65-61(60-72-74(69,70)71-59-58-66(4,5)6)62(55-52-49-46-43-40-37-27-24-21-18-15-12-9-3)73-64(68)57-54-51-48-45-42-39-29-26-23-20-17-14-11-8-2/h10-11,13-14,19-20,22-23,28,30,32-33,35-36,41,44,52,55,61-62H,7-9,12,15-18,21,24-27,29,31,34,37-40,42-43,45-51,53-54,56-60H2,1-6H3,(H-,65,67,69,70)/p+1/b13-10-,14-11+,22-19-,23-20+,30-28-,33-32-,36-35-,44-41-,55-52-. The van der Waals surface area contributed by atoms with E-state index < -0.39 is 20.0 Å². The van der Waals surface area contributed by atoms with E-state index in [-0.39, 0.29) is 37.9 Å². The zero-order chi connectivity index (χ0) is 54.3. The van der Waals surface area contributed by atoms with Gasteiger partial charge in [0.05, 0.1) is 33.8 Å². The zero-order valence-electron chi connectivity index (χ0n) is 48.3. The maximum Gasteiger partial charge on any atom is 0.472 e. The van der Waals surface area contributed by atoms with Gasteiger partial charge in [0, 0.05) is 12.8 Å². The van der Waals surface area contributed by atoms with Crippen LogP contribution in [-0.4, -0.2) is 74.3 Å². The first kappa shape index (κ1) is 70.7. The van der Waals surface area contributed by atoms with Crippen LogP contribution in [0.4, 0.5) is 0 Å². The number of rotatable bonds is 52. The second-order valence-electron chi connectivity index (χ2n) is 20.8. The number of amides is 1. The number of nitrogens with zero attached hydrogens (tertiary/aromatic N) is 1. The lowest BCUT2D eigenvalue weighted by molar-refractivity contribution is -0.870. The highest BCUT2D eigenvalue weighted by Crippen LogP contribution is 2.43. The Morgan fingerprint density at radius 2 is 0.865 bits per heavy atom. The van der Waals surface area contributed by atoms with Crippen molar-refractivity contribution < 1.29 is 37.3 Å². The lowest BCUT2D eigenvalue weighted by atomic mass is 10.0. The molecule has 0 aliphatic carbocycles. The van der Waals surface area contributed by atoms with E-state index in [1.165, 1.54) is 77.0 Å². The average Bonchev–Trinajstić information content (AvgIpc) is 3.36. The van der Waals surface area contributed by atoms with Gasteiger partial charge in [0.25, 0.3) is 0 Å². The van der Waals surface area contributed by atoms with Crippen LogP contribution in [0.15, 0.2) is 109 Å². The first-order chi connectivity index (χ1) is 35.9. The Hall–Kier alpha value is -3.33. The molecule has 10 heteroatoms. The van der Waals surface area contributed by atoms with Crippen molar-refractivity contribution in [2.24, 2.45) is 0 Å². The van der Waals surface area contributed by atoms with Gasteiger partial charge >= 0.3 is 13.8 Å². The third kappa shape index (κ3) is 53.5. The molecule has 3 unspecified atom stereocenters. The van der Waals surface area contributed by atoms with Gasteiger partial charge in [-0.25, -0.2) is 4.57 Å². The van der Waals surface area contributed by atoms with Gasteiger partial charge in [-0.3, -0.25) is 18.6 Å². The molecule has 74 heavy (non-hydrogen) atoms. The number of hydrogen-bond acceptors (Lipinski definition) is 6. The number of phosphoric ester groups is 1. The quantitative estimate of drug-likeness (QED) is 0.0205. The molecule has 424 valence electrons. The van der Waals surface area contributed by atoms with Crippen LogP contribution in [0, 0.1) is 0 Å². The molecule has 0 aromatic rings. The zero-order valence-corrected chi connectivity index (χ0v) is 49.2. The molecule has 0 aliphatic rings. The maximum atomic E-state index is 13.5. The Morgan fingerprint density at radius 3 is 1.31 bits per heavy atom. The molecule has 3 atom stereocenters. The van der Waals surface area contributed by atoms with Gasteiger partial charge in [-0.05, 0) is 109 Å². The van der Waals surface area contributed by atoms with E-state index in [9.17, 15) is 19.0 Å². The predicted molar refractivity (Wildman–Crippen MR) is 318 cm³/mol. The molecule has 0 fully saturated rings. The number of carbonyl (C=O) groups is 2. The summed E-state index contributed by atoms with van der Waals surface area (Å²) in [6.45, 7) is 6.74. The molecule has 0 rings (SSSR count). The highest BCUT2D eigenvalue weighted by atomic mass is 31.2. The second kappa shape index (κ2) is 53.1. The van der Waals surface area contributed by atoms with Crippen molar-refractivity contribution in [2.75, 3.05) is 40.9 Å². The number of quaternary nitrogens is 1. The molecule has 0 radical (unpaired) electrons. The van der Waals surface area contributed by atoms with Gasteiger partial charge in [0.1, 0.15) is 19.3 Å². The van der Waals surface area contributed by atoms with Crippen molar-refractivity contribution in [3.05, 3.63) is 109 Å². The normalized spacial score (nSPS) is 14.5. The van der Waals surface area contributed by atoms with Crippen molar-refractivity contribution in [1.29, 1.82) is 0 Å². The summed E-state index contributed by atoms with van der Waals surface area (Å²) in [5.41, 5.74) is 0. The summed E-state index contributed by atoms with van der Waals surface area (Å²) in [6.07, 6.45) is 72.3. The van der Waals surface area contributed by atoms with E-state index in [0.717, 1.165) is 116 Å². The van der Waals surface area contributed by atoms with Crippen LogP contribution in [0.1, 0.15) is 233 Å². The van der Waals surface area contributed by atoms with Crippen LogP contribution in [0.2, 0.25) is 0 Å². The van der Waals surface area contributed by atoms with Gasteiger partial charge in [0.2, 0.25) is 5.91 Å². The van der Waals surface area contributed by atoms with Crippen molar-refractivity contribution in [3.63, 3.8) is 0 Å². The summed E-state index contributed by atoms with van der Waals surface area (Å²) in [7, 11) is 1.45. The molecule has 0 spiro atoms. The molecule has 0 aliphatic heterocycles. The Kier molecular flexibility index (Phi) is 50.7. The number of esters is 1. The molecule has 0 heterocycles. The van der Waals surface area contributed by atoms with Crippen molar-refractivity contribution in [3.8, 4) is 0 Å². The van der Waals surface area contributed by atoms with Crippen LogP contribution in [0.25, 0.3) is 0 Å². The molecular weight excluding hydrogens is 940 g/mol. The number of allylic oxidation sites excluding steroid dienone is 17. The third-order valence-electron chi connectivity index (χ3n) is 12.5. The molecule has 0 saturated carbocycles. The van der Waals surface area contributed by atoms with E-state index in [4.69, 9.17) is 13.8 Å². The van der Waals surface area contributed by atoms with Gasteiger partial charge < -0.3 is 19.4 Å². The van der Waals surface area contributed by atoms with E-state index in [1.54, 1.807) is 0 Å². The Morgan fingerprint density at radius 1 is 0.486 bits per heavy atom. The first-order valence-electron chi connectivity index (χ1n) is 29.7. The summed E-state index contributed by atoms with van der Waals surface area (Å²) in [6, 6.07) is -0.881. The van der Waals surface area contributed by atoms with Gasteiger partial charge in [-0.15, -0.1) is 0 Å². The van der Waals surface area contributed by atoms with E-state index in [2.05, 4.69) is 123 Å². The monoisotopic (exact) mass is 1050 g/mol. The summed E-state index contributed by atoms with van der Waals surface area (Å²) in [5.74, 6) is -0.572. The predicted octanol–water partition coefficient (Wildman–Crippen LogP) is 18.2. The summed E-state index contributed by atoms with van der Waals surface area (Å²) in [4.78, 5) is 37.6. The molecule has 9 nitrogen and oxygen atoms in total. The number of carbonyl (C=O) groups excluding carboxylic acids is 2. The highest BCUT2D eigenvalue weighted by molar-refractivity contribution is 7.47. The number of ether oxygens (including phenoxy) is 1. The molecule has 1 amide bonds. The minimum absolute atomic E-state index is 0.0247. The van der Waals surface area contributed by atoms with Crippen molar-refractivity contribution in [1.82, 2.24) is 5.32 Å².